The summed E-state index contributed by atoms with van der Waals surface area (Å²) in [5, 5.41) is 19.8. The third-order valence-electron chi connectivity index (χ3n) is 3.52. The van der Waals surface area contributed by atoms with Gasteiger partial charge in [-0.2, -0.15) is 0 Å². The number of hydrogen-bond donors (Lipinski definition) is 3. The molecule has 0 unspecified atom stereocenters. The molecule has 0 spiro atoms. The van der Waals surface area contributed by atoms with Gasteiger partial charge in [0.25, 0.3) is 0 Å². The Labute approximate surface area is 122 Å². The minimum atomic E-state index is -0.627. The maximum absolute atomic E-state index is 10.6. The van der Waals surface area contributed by atoms with Gasteiger partial charge in [-0.15, -0.1) is 11.3 Å². The number of pyridine rings is 1. The number of anilines is 2. The van der Waals surface area contributed by atoms with E-state index in [2.05, 4.69) is 20.6 Å². The molecule has 0 atom stereocenters. The van der Waals surface area contributed by atoms with Crippen molar-refractivity contribution in [2.75, 3.05) is 18.4 Å². The fourth-order valence-corrected chi connectivity index (χ4v) is 2.98. The number of aromatic nitrogens is 2. The molecule has 1 aliphatic rings. The summed E-state index contributed by atoms with van der Waals surface area (Å²) in [6, 6.07) is 5.84. The standard InChI is InChI=1S/C14H18N4OS/c19-14(4-6-15-7-5-14)10-11-2-1-3-12(17-11)18-13-16-8-9-20-13/h1-3,8-9,15,19H,4-7,10H2,(H,16,17,18). The molecule has 2 aromatic rings. The normalized spacial score (nSPS) is 17.9. The van der Waals surface area contributed by atoms with Crippen molar-refractivity contribution in [1.82, 2.24) is 15.3 Å². The van der Waals surface area contributed by atoms with Crippen LogP contribution in [0.4, 0.5) is 10.9 Å². The Kier molecular flexibility index (Phi) is 3.95. The highest BCUT2D eigenvalue weighted by Gasteiger charge is 2.29. The lowest BCUT2D eigenvalue weighted by Gasteiger charge is -2.32. The van der Waals surface area contributed by atoms with Crippen LogP contribution in [0.2, 0.25) is 0 Å². The Morgan fingerprint density at radius 3 is 2.95 bits per heavy atom. The molecule has 0 bridgehead atoms. The van der Waals surface area contributed by atoms with Crippen molar-refractivity contribution >= 4 is 22.3 Å². The molecule has 0 radical (unpaired) electrons. The summed E-state index contributed by atoms with van der Waals surface area (Å²) in [7, 11) is 0. The van der Waals surface area contributed by atoms with Gasteiger partial charge < -0.3 is 15.7 Å². The maximum Gasteiger partial charge on any atom is 0.188 e. The third-order valence-corrected chi connectivity index (χ3v) is 4.21. The second-order valence-corrected chi connectivity index (χ2v) is 6.02. The van der Waals surface area contributed by atoms with Crippen LogP contribution in [0, 0.1) is 0 Å². The molecular weight excluding hydrogens is 272 g/mol. The van der Waals surface area contributed by atoms with Crippen molar-refractivity contribution in [3.8, 4) is 0 Å². The third kappa shape index (κ3) is 3.33. The summed E-state index contributed by atoms with van der Waals surface area (Å²) in [6.07, 6.45) is 3.91. The summed E-state index contributed by atoms with van der Waals surface area (Å²) in [4.78, 5) is 8.74. The second kappa shape index (κ2) is 5.87. The van der Waals surface area contributed by atoms with Crippen LogP contribution < -0.4 is 10.6 Å². The van der Waals surface area contributed by atoms with Gasteiger partial charge in [-0.3, -0.25) is 0 Å². The summed E-state index contributed by atoms with van der Waals surface area (Å²) < 4.78 is 0. The molecule has 0 aromatic carbocycles. The first-order valence-electron chi connectivity index (χ1n) is 6.79. The molecule has 1 fully saturated rings. The van der Waals surface area contributed by atoms with Crippen LogP contribution >= 0.6 is 11.3 Å². The van der Waals surface area contributed by atoms with Crippen molar-refractivity contribution < 1.29 is 5.11 Å². The van der Waals surface area contributed by atoms with Crippen molar-refractivity contribution in [3.05, 3.63) is 35.5 Å². The average molecular weight is 290 g/mol. The zero-order chi connectivity index (χ0) is 13.8. The highest BCUT2D eigenvalue weighted by atomic mass is 32.1. The van der Waals surface area contributed by atoms with E-state index >= 15 is 0 Å². The first kappa shape index (κ1) is 13.5. The second-order valence-electron chi connectivity index (χ2n) is 5.13. The van der Waals surface area contributed by atoms with Crippen LogP contribution in [0.1, 0.15) is 18.5 Å². The predicted molar refractivity (Wildman–Crippen MR) is 80.4 cm³/mol. The molecule has 1 aliphatic heterocycles. The number of hydrogen-bond acceptors (Lipinski definition) is 6. The molecule has 3 rings (SSSR count). The Morgan fingerprint density at radius 1 is 1.35 bits per heavy atom. The van der Waals surface area contributed by atoms with Gasteiger partial charge in [0.05, 0.1) is 5.60 Å². The number of thiazole rings is 1. The average Bonchev–Trinajstić information content (AvgIpc) is 2.92. The molecule has 0 aliphatic carbocycles. The van der Waals surface area contributed by atoms with Gasteiger partial charge in [-0.25, -0.2) is 9.97 Å². The van der Waals surface area contributed by atoms with Gasteiger partial charge in [0.2, 0.25) is 0 Å². The van der Waals surface area contributed by atoms with E-state index in [4.69, 9.17) is 0 Å². The van der Waals surface area contributed by atoms with Gasteiger partial charge in [0, 0.05) is 23.7 Å². The zero-order valence-corrected chi connectivity index (χ0v) is 12.0. The van der Waals surface area contributed by atoms with Crippen LogP contribution in [0.5, 0.6) is 0 Å². The molecular formula is C14H18N4OS. The lowest BCUT2D eigenvalue weighted by atomic mass is 9.88. The molecule has 0 amide bonds. The van der Waals surface area contributed by atoms with Crippen LogP contribution in [0.3, 0.4) is 0 Å². The molecule has 6 heteroatoms. The van der Waals surface area contributed by atoms with E-state index in [1.807, 2.05) is 23.6 Å². The highest BCUT2D eigenvalue weighted by Crippen LogP contribution is 2.24. The Morgan fingerprint density at radius 2 is 2.20 bits per heavy atom. The summed E-state index contributed by atoms with van der Waals surface area (Å²) in [5.74, 6) is 0.773. The molecule has 0 saturated carbocycles. The van der Waals surface area contributed by atoms with Crippen LogP contribution in [0.25, 0.3) is 0 Å². The van der Waals surface area contributed by atoms with Gasteiger partial charge in [-0.05, 0) is 38.1 Å². The fourth-order valence-electron chi connectivity index (χ4n) is 2.45. The zero-order valence-electron chi connectivity index (χ0n) is 11.2. The van der Waals surface area contributed by atoms with Gasteiger partial charge in [0.15, 0.2) is 5.13 Å². The SMILES string of the molecule is OC1(Cc2cccc(Nc3nccs3)n2)CCNCC1. The van der Waals surface area contributed by atoms with Gasteiger partial charge >= 0.3 is 0 Å². The summed E-state index contributed by atoms with van der Waals surface area (Å²) >= 11 is 1.54. The maximum atomic E-state index is 10.6. The lowest BCUT2D eigenvalue weighted by molar-refractivity contribution is 0.0101. The van der Waals surface area contributed by atoms with E-state index in [0.717, 1.165) is 42.6 Å². The molecule has 106 valence electrons. The van der Waals surface area contributed by atoms with Crippen LogP contribution in [-0.4, -0.2) is 33.8 Å². The quantitative estimate of drug-likeness (QED) is 0.803. The predicted octanol–water partition coefficient (Wildman–Crippen LogP) is 1.94. The minimum absolute atomic E-state index is 0.599. The van der Waals surface area contributed by atoms with Gasteiger partial charge in [-0.1, -0.05) is 6.07 Å². The van der Waals surface area contributed by atoms with E-state index in [1.54, 1.807) is 6.20 Å². The molecule has 20 heavy (non-hydrogen) atoms. The van der Waals surface area contributed by atoms with E-state index < -0.39 is 5.60 Å². The van der Waals surface area contributed by atoms with Gasteiger partial charge in [0.1, 0.15) is 5.82 Å². The fraction of sp³-hybridized carbons (Fsp3) is 0.429. The first-order valence-corrected chi connectivity index (χ1v) is 7.67. The van der Waals surface area contributed by atoms with Crippen LogP contribution in [0.15, 0.2) is 29.8 Å². The van der Waals surface area contributed by atoms with E-state index in [0.29, 0.717) is 6.42 Å². The topological polar surface area (TPSA) is 70.1 Å². The molecule has 3 heterocycles. The summed E-state index contributed by atoms with van der Waals surface area (Å²) in [6.45, 7) is 1.74. The van der Waals surface area contributed by atoms with Crippen LogP contribution in [-0.2, 0) is 6.42 Å². The molecule has 1 saturated heterocycles. The number of rotatable bonds is 4. The smallest absolute Gasteiger partial charge is 0.188 e. The summed E-state index contributed by atoms with van der Waals surface area (Å²) in [5.41, 5.74) is 0.286. The number of nitrogens with zero attached hydrogens (tertiary/aromatic N) is 2. The lowest BCUT2D eigenvalue weighted by Crippen LogP contribution is -2.43. The Balaban J connectivity index is 1.70. The Bertz CT molecular complexity index is 552. The van der Waals surface area contributed by atoms with E-state index in [9.17, 15) is 5.11 Å². The van der Waals surface area contributed by atoms with E-state index in [1.165, 1.54) is 11.3 Å². The molecule has 5 nitrogen and oxygen atoms in total. The number of nitrogens with one attached hydrogen (secondary N) is 2. The molecule has 2 aromatic heterocycles. The Hall–Kier alpha value is -1.50. The minimum Gasteiger partial charge on any atom is -0.389 e. The largest absolute Gasteiger partial charge is 0.389 e. The number of piperidine rings is 1. The highest BCUT2D eigenvalue weighted by molar-refractivity contribution is 7.13. The first-order chi connectivity index (χ1) is 9.73. The number of aliphatic hydroxyl groups is 1. The van der Waals surface area contributed by atoms with Crippen molar-refractivity contribution in [2.24, 2.45) is 0 Å². The monoisotopic (exact) mass is 290 g/mol. The van der Waals surface area contributed by atoms with Crippen molar-refractivity contribution in [2.45, 2.75) is 24.9 Å². The molecule has 3 N–H and O–H groups in total. The van der Waals surface area contributed by atoms with E-state index in [-0.39, 0.29) is 0 Å². The van der Waals surface area contributed by atoms with Crippen molar-refractivity contribution in [3.63, 3.8) is 0 Å². The van der Waals surface area contributed by atoms with Crippen molar-refractivity contribution in [1.29, 1.82) is 0 Å².